The summed E-state index contributed by atoms with van der Waals surface area (Å²) in [4.78, 5) is 34.2. The largest absolute Gasteiger partial charge is 0.491 e. The van der Waals surface area contributed by atoms with Crippen LogP contribution in [0, 0.1) is 29.9 Å². The first-order valence-corrected chi connectivity index (χ1v) is 15.1. The van der Waals surface area contributed by atoms with Crippen molar-refractivity contribution < 1.29 is 26.7 Å². The van der Waals surface area contributed by atoms with Gasteiger partial charge in [-0.05, 0) is 31.2 Å². The van der Waals surface area contributed by atoms with Crippen LogP contribution in [-0.2, 0) is 16.6 Å². The van der Waals surface area contributed by atoms with Gasteiger partial charge in [0.2, 0.25) is 10.0 Å². The third-order valence-corrected chi connectivity index (χ3v) is 8.02. The Hall–Kier alpha value is -4.45. The van der Waals surface area contributed by atoms with Crippen LogP contribution in [0.25, 0.3) is 32.2 Å². The van der Waals surface area contributed by atoms with E-state index in [1.54, 1.807) is 30.3 Å². The monoisotopic (exact) mass is 629 g/mol. The summed E-state index contributed by atoms with van der Waals surface area (Å²) < 4.78 is 61.0. The Balaban J connectivity index is 1.49. The Bertz CT molecular complexity index is 2140. The zero-order valence-corrected chi connectivity index (χ0v) is 24.1. The summed E-state index contributed by atoms with van der Waals surface area (Å²) in [6, 6.07) is 8.87. The van der Waals surface area contributed by atoms with Crippen molar-refractivity contribution in [3.05, 3.63) is 85.9 Å². The summed E-state index contributed by atoms with van der Waals surface area (Å²) in [5, 5.41) is 10.9. The van der Waals surface area contributed by atoms with Crippen molar-refractivity contribution in [3.8, 4) is 22.9 Å². The minimum atomic E-state index is -3.79. The fraction of sp³-hybridized carbons (Fsp3) is 0.148. The molecule has 214 valence electrons. The van der Waals surface area contributed by atoms with Crippen LogP contribution in [0.3, 0.4) is 0 Å². The molecule has 5 rings (SSSR count). The van der Waals surface area contributed by atoms with E-state index in [1.165, 1.54) is 34.4 Å². The normalized spacial score (nSPS) is 11.5. The van der Waals surface area contributed by atoms with Gasteiger partial charge in [0, 0.05) is 33.8 Å². The number of hydrogen-bond donors (Lipinski definition) is 1. The number of hydrogen-bond acceptors (Lipinski definition) is 9. The summed E-state index contributed by atoms with van der Waals surface area (Å²) in [7, 11) is -3.79. The Morgan fingerprint density at radius 3 is 2.71 bits per heavy atom. The minimum absolute atomic E-state index is 0.0416. The van der Waals surface area contributed by atoms with Gasteiger partial charge in [-0.2, -0.15) is 5.26 Å². The lowest BCUT2D eigenvalue weighted by Gasteiger charge is -2.15. The zero-order valence-electron chi connectivity index (χ0n) is 21.7. The third-order valence-electron chi connectivity index (χ3n) is 6.22. The van der Waals surface area contributed by atoms with E-state index in [2.05, 4.69) is 9.97 Å². The second-order valence-corrected chi connectivity index (χ2v) is 12.1. The fourth-order valence-electron chi connectivity index (χ4n) is 4.42. The molecule has 0 fully saturated rings. The number of fused-ring (bicyclic) bond motifs is 2. The smallest absolute Gasteiger partial charge is 0.267 e. The summed E-state index contributed by atoms with van der Waals surface area (Å²) >= 11 is 7.47. The Kier molecular flexibility index (Phi) is 7.67. The molecule has 10 nitrogen and oxygen atoms in total. The SMILES string of the molecule is Cc1nc2cc(F)c(F)c(C#N)c2c(=O)n1CCOc1ccc(Cl)cc1-c1ccnc2c(C(=O)NS(C)(=O)=O)csc12. The lowest BCUT2D eigenvalue weighted by atomic mass is 10.0. The molecule has 0 saturated carbocycles. The molecule has 3 aromatic heterocycles. The topological polar surface area (TPSA) is 144 Å². The number of ether oxygens (including phenoxy) is 1. The molecule has 0 aliphatic carbocycles. The second kappa shape index (κ2) is 11.1. The molecule has 0 bridgehead atoms. The summed E-state index contributed by atoms with van der Waals surface area (Å²) in [6.07, 6.45) is 2.34. The van der Waals surface area contributed by atoms with Crippen LogP contribution in [0.1, 0.15) is 21.7 Å². The van der Waals surface area contributed by atoms with Crippen molar-refractivity contribution in [3.63, 3.8) is 0 Å². The van der Waals surface area contributed by atoms with Crippen LogP contribution in [-0.4, -0.2) is 41.7 Å². The molecule has 0 radical (unpaired) electrons. The highest BCUT2D eigenvalue weighted by Crippen LogP contribution is 2.39. The van der Waals surface area contributed by atoms with Gasteiger partial charge in [-0.3, -0.25) is 19.1 Å². The Morgan fingerprint density at radius 2 is 2.00 bits per heavy atom. The average molecular weight is 630 g/mol. The van der Waals surface area contributed by atoms with Gasteiger partial charge < -0.3 is 4.74 Å². The van der Waals surface area contributed by atoms with E-state index in [4.69, 9.17) is 16.3 Å². The lowest BCUT2D eigenvalue weighted by Crippen LogP contribution is -2.29. The van der Waals surface area contributed by atoms with Crippen molar-refractivity contribution in [2.45, 2.75) is 13.5 Å². The number of benzene rings is 2. The number of amides is 1. The number of pyridine rings is 1. The van der Waals surface area contributed by atoms with Gasteiger partial charge in [-0.15, -0.1) is 11.3 Å². The van der Waals surface area contributed by atoms with Gasteiger partial charge in [0.25, 0.3) is 11.5 Å². The molecule has 0 saturated heterocycles. The number of halogens is 3. The molecule has 15 heteroatoms. The number of nitrogens with one attached hydrogen (secondary N) is 1. The van der Waals surface area contributed by atoms with E-state index in [1.807, 2.05) is 4.72 Å². The summed E-state index contributed by atoms with van der Waals surface area (Å²) in [5.74, 6) is -2.94. The maximum atomic E-state index is 14.2. The molecular formula is C27H18ClF2N5O5S2. The number of aromatic nitrogens is 3. The summed E-state index contributed by atoms with van der Waals surface area (Å²) in [5.41, 5.74) is -0.0620. The molecule has 0 aliphatic heterocycles. The van der Waals surface area contributed by atoms with Gasteiger partial charge in [-0.1, -0.05) is 11.6 Å². The van der Waals surface area contributed by atoms with Crippen molar-refractivity contribution in [2.75, 3.05) is 12.9 Å². The molecule has 0 unspecified atom stereocenters. The average Bonchev–Trinajstić information content (AvgIpc) is 3.36. The minimum Gasteiger partial charge on any atom is -0.491 e. The number of rotatable bonds is 7. The highest BCUT2D eigenvalue weighted by molar-refractivity contribution is 7.89. The van der Waals surface area contributed by atoms with Crippen molar-refractivity contribution in [1.82, 2.24) is 19.3 Å². The standard InChI is InChI=1S/C27H18ClF2N5O5S2/c1-13-33-20-10-19(29)23(30)17(11-31)22(20)27(37)35(13)7-8-40-21-4-3-14(28)9-16(21)15-5-6-32-24-18(12-41-25(15)24)26(36)34-42(2,38)39/h3-6,9-10,12H,7-8H2,1-2H3,(H,34,36). The summed E-state index contributed by atoms with van der Waals surface area (Å²) in [6.45, 7) is 1.42. The first-order chi connectivity index (χ1) is 19.9. The van der Waals surface area contributed by atoms with Crippen molar-refractivity contribution >= 4 is 60.0 Å². The molecule has 42 heavy (non-hydrogen) atoms. The van der Waals surface area contributed by atoms with Gasteiger partial charge in [-0.25, -0.2) is 26.9 Å². The number of carbonyl (C=O) groups excluding carboxylic acids is 1. The maximum Gasteiger partial charge on any atom is 0.267 e. The molecule has 5 aromatic rings. The third kappa shape index (κ3) is 5.41. The molecule has 1 N–H and O–H groups in total. The van der Waals surface area contributed by atoms with E-state index in [0.717, 1.165) is 12.3 Å². The van der Waals surface area contributed by atoms with Gasteiger partial charge in [0.1, 0.15) is 29.8 Å². The Morgan fingerprint density at radius 1 is 1.24 bits per heavy atom. The van der Waals surface area contributed by atoms with Crippen molar-refractivity contribution in [1.29, 1.82) is 5.26 Å². The van der Waals surface area contributed by atoms with E-state index in [9.17, 15) is 32.0 Å². The van der Waals surface area contributed by atoms with Gasteiger partial charge >= 0.3 is 0 Å². The molecule has 3 heterocycles. The van der Waals surface area contributed by atoms with E-state index in [-0.39, 0.29) is 41.0 Å². The van der Waals surface area contributed by atoms with Crippen molar-refractivity contribution in [2.24, 2.45) is 0 Å². The first kappa shape index (κ1) is 29.1. The fourth-order valence-corrected chi connectivity index (χ4v) is 6.07. The Labute approximate surface area is 245 Å². The predicted molar refractivity (Wildman–Crippen MR) is 153 cm³/mol. The quantitative estimate of drug-likeness (QED) is 0.276. The van der Waals surface area contributed by atoms with Crippen LogP contribution in [0.15, 0.2) is 46.7 Å². The number of nitrogens with zero attached hydrogens (tertiary/aromatic N) is 4. The number of nitriles is 1. The predicted octanol–water partition coefficient (Wildman–Crippen LogP) is 4.55. The number of carbonyl (C=O) groups is 1. The molecule has 0 aliphatic rings. The molecule has 2 aromatic carbocycles. The van der Waals surface area contributed by atoms with Crippen LogP contribution >= 0.6 is 22.9 Å². The van der Waals surface area contributed by atoms with Crippen LogP contribution in [0.4, 0.5) is 8.78 Å². The van der Waals surface area contributed by atoms with Crippen LogP contribution in [0.2, 0.25) is 5.02 Å². The number of aryl methyl sites for hydroxylation is 1. The number of sulfonamides is 1. The molecule has 0 atom stereocenters. The second-order valence-electron chi connectivity index (χ2n) is 9.05. The highest BCUT2D eigenvalue weighted by atomic mass is 35.5. The zero-order chi connectivity index (χ0) is 30.3. The van der Waals surface area contributed by atoms with Crippen LogP contribution < -0.4 is 15.0 Å². The lowest BCUT2D eigenvalue weighted by molar-refractivity contribution is 0.0983. The maximum absolute atomic E-state index is 14.2. The molecule has 1 amide bonds. The highest BCUT2D eigenvalue weighted by Gasteiger charge is 2.22. The van der Waals surface area contributed by atoms with Gasteiger partial charge in [0.05, 0.1) is 39.5 Å². The molecular weight excluding hydrogens is 612 g/mol. The number of thiophene rings is 1. The molecule has 0 spiro atoms. The first-order valence-electron chi connectivity index (χ1n) is 12.0. The van der Waals surface area contributed by atoms with E-state index in [0.29, 0.717) is 26.6 Å². The van der Waals surface area contributed by atoms with E-state index < -0.39 is 38.7 Å². The van der Waals surface area contributed by atoms with Crippen LogP contribution in [0.5, 0.6) is 5.75 Å². The van der Waals surface area contributed by atoms with E-state index >= 15 is 0 Å². The van der Waals surface area contributed by atoms with Gasteiger partial charge in [0.15, 0.2) is 11.6 Å².